The van der Waals surface area contributed by atoms with Crippen molar-refractivity contribution in [3.63, 3.8) is 0 Å². The van der Waals surface area contributed by atoms with Crippen LogP contribution in [-0.4, -0.2) is 17.8 Å². The number of fused-ring (bicyclic) bond motifs is 1. The smallest absolute Gasteiger partial charge is 0.290 e. The average molecular weight is 445 g/mol. The van der Waals surface area contributed by atoms with E-state index in [-0.39, 0.29) is 12.8 Å². The molecular weight excluding hydrogens is 416 g/mol. The van der Waals surface area contributed by atoms with E-state index in [1.54, 1.807) is 17.4 Å². The van der Waals surface area contributed by atoms with Gasteiger partial charge in [0.1, 0.15) is 0 Å². The van der Waals surface area contributed by atoms with Crippen LogP contribution in [0.1, 0.15) is 51.6 Å². The molecule has 4 bridgehead atoms. The Bertz CT molecular complexity index is 1180. The summed E-state index contributed by atoms with van der Waals surface area (Å²) in [5.41, 5.74) is 3.98. The summed E-state index contributed by atoms with van der Waals surface area (Å²) in [7, 11) is -3.79. The van der Waals surface area contributed by atoms with Crippen molar-refractivity contribution in [3.05, 3.63) is 41.5 Å². The molecule has 4 aliphatic rings. The van der Waals surface area contributed by atoms with Crippen LogP contribution < -0.4 is 9.86 Å². The van der Waals surface area contributed by atoms with Crippen molar-refractivity contribution < 1.29 is 8.42 Å². The first-order valence-electron chi connectivity index (χ1n) is 10.2. The third kappa shape index (κ3) is 3.25. The third-order valence-corrected chi connectivity index (χ3v) is 8.57. The van der Waals surface area contributed by atoms with E-state index in [2.05, 4.69) is 20.7 Å². The Labute approximate surface area is 181 Å². The molecule has 8 heteroatoms. The number of thiazole rings is 1. The number of nitrogens with zero attached hydrogens (tertiary/aromatic N) is 2. The number of rotatable bonds is 4. The van der Waals surface area contributed by atoms with Gasteiger partial charge in [-0.3, -0.25) is 9.12 Å². The average Bonchev–Trinajstić information content (AvgIpc) is 3.20. The largest absolute Gasteiger partial charge is 0.296 e. The third-order valence-electron chi connectivity index (χ3n) is 7.21. The molecule has 4 aliphatic carbocycles. The molecule has 3 aromatic rings. The number of hydrogen-bond donors (Lipinski definition) is 2. The lowest BCUT2D eigenvalue weighted by molar-refractivity contribution is -0.00696. The highest BCUT2D eigenvalue weighted by atomic mass is 32.2. The maximum absolute atomic E-state index is 11.4. The van der Waals surface area contributed by atoms with Gasteiger partial charge in [0, 0.05) is 22.6 Å². The summed E-state index contributed by atoms with van der Waals surface area (Å²) < 4.78 is 27.3. The summed E-state index contributed by atoms with van der Waals surface area (Å²) in [5.74, 6) is 2.67. The molecule has 7 rings (SSSR count). The lowest BCUT2D eigenvalue weighted by atomic mass is 9.49. The van der Waals surface area contributed by atoms with Crippen molar-refractivity contribution in [3.8, 4) is 11.3 Å². The molecule has 0 radical (unpaired) electrons. The van der Waals surface area contributed by atoms with Crippen molar-refractivity contribution >= 4 is 32.2 Å². The molecule has 2 heterocycles. The van der Waals surface area contributed by atoms with Crippen LogP contribution in [-0.2, 0) is 15.6 Å². The van der Waals surface area contributed by atoms with E-state index in [9.17, 15) is 8.42 Å². The minimum atomic E-state index is -3.79. The fourth-order valence-electron chi connectivity index (χ4n) is 6.58. The summed E-state index contributed by atoms with van der Waals surface area (Å²) in [4.78, 5) is 6.09. The number of imidazole rings is 1. The molecule has 2 aromatic heterocycles. The monoisotopic (exact) mass is 444 g/mol. The Balaban J connectivity index is 0.00000193. The van der Waals surface area contributed by atoms with Gasteiger partial charge in [0.05, 0.1) is 17.1 Å². The summed E-state index contributed by atoms with van der Waals surface area (Å²) in [5, 5.41) is 7.21. The molecule has 0 aliphatic heterocycles. The fourth-order valence-corrected chi connectivity index (χ4v) is 7.92. The molecule has 0 spiro atoms. The maximum Gasteiger partial charge on any atom is 0.296 e. The fraction of sp³-hybridized carbons (Fsp3) is 0.500. The zero-order valence-corrected chi connectivity index (χ0v) is 17.7. The number of nitrogens with two attached hydrogens (primary N) is 1. The molecule has 6 nitrogen and oxygen atoms in total. The Morgan fingerprint density at radius 3 is 2.43 bits per heavy atom. The Kier molecular flexibility index (Phi) is 4.54. The summed E-state index contributed by atoms with van der Waals surface area (Å²) in [6, 6.07) is 7.34. The van der Waals surface area contributed by atoms with E-state index < -0.39 is 10.2 Å². The van der Waals surface area contributed by atoms with Gasteiger partial charge in [-0.2, -0.15) is 8.42 Å². The lowest BCUT2D eigenvalue weighted by Gasteiger charge is -2.56. The van der Waals surface area contributed by atoms with Gasteiger partial charge in [-0.1, -0.05) is 19.6 Å². The Hall–Kier alpha value is -1.90. The van der Waals surface area contributed by atoms with Crippen LogP contribution >= 0.6 is 11.3 Å². The van der Waals surface area contributed by atoms with Gasteiger partial charge in [0.15, 0.2) is 4.96 Å². The zero-order chi connectivity index (χ0) is 19.8. The van der Waals surface area contributed by atoms with Crippen molar-refractivity contribution in [1.29, 1.82) is 0 Å². The number of nitrogens with one attached hydrogen (secondary N) is 1. The van der Waals surface area contributed by atoms with E-state index in [1.807, 2.05) is 18.2 Å². The SMILES string of the molecule is C.NS(=O)(=O)Nc1cccc(-c2csc3nc(C45CC6CC(CC(C6)C4)C5)cn23)c1. The molecule has 0 atom stereocenters. The molecule has 30 heavy (non-hydrogen) atoms. The molecule has 0 saturated heterocycles. The van der Waals surface area contributed by atoms with Gasteiger partial charge in [-0.25, -0.2) is 10.1 Å². The second kappa shape index (κ2) is 6.80. The molecule has 3 N–H and O–H groups in total. The van der Waals surface area contributed by atoms with E-state index in [0.717, 1.165) is 34.0 Å². The molecule has 0 amide bonds. The van der Waals surface area contributed by atoms with E-state index in [1.165, 1.54) is 44.2 Å². The van der Waals surface area contributed by atoms with Crippen LogP contribution in [0.15, 0.2) is 35.8 Å². The molecular formula is C22H28N4O2S2. The number of hydrogen-bond acceptors (Lipinski definition) is 4. The second-order valence-corrected chi connectivity index (χ2v) is 11.5. The number of anilines is 1. The normalized spacial score (nSPS) is 29.8. The molecule has 1 aromatic carbocycles. The summed E-state index contributed by atoms with van der Waals surface area (Å²) in [6.07, 6.45) is 10.4. The van der Waals surface area contributed by atoms with Crippen LogP contribution in [0.4, 0.5) is 5.69 Å². The quantitative estimate of drug-likeness (QED) is 0.607. The highest BCUT2D eigenvalue weighted by Gasteiger charge is 2.52. The first kappa shape index (κ1) is 20.0. The highest BCUT2D eigenvalue weighted by Crippen LogP contribution is 2.60. The first-order valence-corrected chi connectivity index (χ1v) is 12.7. The number of aromatic nitrogens is 2. The van der Waals surface area contributed by atoms with Crippen molar-refractivity contribution in [1.82, 2.24) is 9.38 Å². The first-order chi connectivity index (χ1) is 13.9. The minimum absolute atomic E-state index is 0. The number of benzene rings is 1. The van der Waals surface area contributed by atoms with Crippen LogP contribution in [0, 0.1) is 17.8 Å². The van der Waals surface area contributed by atoms with Gasteiger partial charge in [0.25, 0.3) is 10.2 Å². The standard InChI is InChI=1S/C21H24N4O2S2.CH4/c22-29(26,27)24-17-3-1-2-16(7-17)18-12-28-20-23-19(11-25(18)20)21-8-13-4-14(9-21)6-15(5-13)10-21;/h1-3,7,11-15,24H,4-6,8-10H2,(H2,22,26,27);1H4. The maximum atomic E-state index is 11.4. The van der Waals surface area contributed by atoms with Crippen molar-refractivity contribution in [2.24, 2.45) is 22.9 Å². The predicted molar refractivity (Wildman–Crippen MR) is 122 cm³/mol. The molecule has 0 unspecified atom stereocenters. The van der Waals surface area contributed by atoms with E-state index in [0.29, 0.717) is 5.69 Å². The van der Waals surface area contributed by atoms with E-state index in [4.69, 9.17) is 10.1 Å². The lowest BCUT2D eigenvalue weighted by Crippen LogP contribution is -2.48. The minimum Gasteiger partial charge on any atom is -0.290 e. The highest BCUT2D eigenvalue weighted by molar-refractivity contribution is 7.90. The zero-order valence-electron chi connectivity index (χ0n) is 16.0. The van der Waals surface area contributed by atoms with Crippen LogP contribution in [0.2, 0.25) is 0 Å². The Morgan fingerprint density at radius 1 is 1.13 bits per heavy atom. The van der Waals surface area contributed by atoms with Gasteiger partial charge in [-0.15, -0.1) is 11.3 Å². The second-order valence-electron chi connectivity index (χ2n) is 9.33. The van der Waals surface area contributed by atoms with Gasteiger partial charge < -0.3 is 0 Å². The van der Waals surface area contributed by atoms with Crippen molar-refractivity contribution in [2.45, 2.75) is 51.4 Å². The Morgan fingerprint density at radius 2 is 1.80 bits per heavy atom. The van der Waals surface area contributed by atoms with E-state index >= 15 is 0 Å². The summed E-state index contributed by atoms with van der Waals surface area (Å²) in [6.45, 7) is 0. The molecule has 4 saturated carbocycles. The van der Waals surface area contributed by atoms with Gasteiger partial charge in [0.2, 0.25) is 0 Å². The van der Waals surface area contributed by atoms with Gasteiger partial charge >= 0.3 is 0 Å². The predicted octanol–water partition coefficient (Wildman–Crippen LogP) is 4.78. The molecule has 160 valence electrons. The van der Waals surface area contributed by atoms with Crippen LogP contribution in [0.25, 0.3) is 16.2 Å². The molecule has 4 fully saturated rings. The van der Waals surface area contributed by atoms with Crippen LogP contribution in [0.5, 0.6) is 0 Å². The summed E-state index contributed by atoms with van der Waals surface area (Å²) >= 11 is 1.64. The van der Waals surface area contributed by atoms with Crippen molar-refractivity contribution in [2.75, 3.05) is 4.72 Å². The van der Waals surface area contributed by atoms with Crippen LogP contribution in [0.3, 0.4) is 0 Å². The van der Waals surface area contributed by atoms with Gasteiger partial charge in [-0.05, 0) is 68.4 Å². The topological polar surface area (TPSA) is 89.5 Å².